The van der Waals surface area contributed by atoms with Gasteiger partial charge in [-0.1, -0.05) is 71.8 Å². The highest BCUT2D eigenvalue weighted by atomic mass is 35.5. The Hall–Kier alpha value is -3.64. The predicted molar refractivity (Wildman–Crippen MR) is 145 cm³/mol. The van der Waals surface area contributed by atoms with Crippen molar-refractivity contribution in [2.45, 2.75) is 32.9 Å². The van der Waals surface area contributed by atoms with Crippen molar-refractivity contribution in [3.05, 3.63) is 105 Å². The van der Waals surface area contributed by atoms with E-state index in [-0.39, 0.29) is 17.4 Å². The van der Waals surface area contributed by atoms with Crippen molar-refractivity contribution in [3.63, 3.8) is 0 Å². The van der Waals surface area contributed by atoms with Gasteiger partial charge in [0.25, 0.3) is 5.56 Å². The highest BCUT2D eigenvalue weighted by Gasteiger charge is 2.28. The van der Waals surface area contributed by atoms with Crippen LogP contribution in [0.1, 0.15) is 29.5 Å². The zero-order valence-corrected chi connectivity index (χ0v) is 21.0. The lowest BCUT2D eigenvalue weighted by atomic mass is 9.97. The van der Waals surface area contributed by atoms with Gasteiger partial charge < -0.3 is 10.2 Å². The summed E-state index contributed by atoms with van der Waals surface area (Å²) in [4.78, 5) is 33.5. The summed E-state index contributed by atoms with van der Waals surface area (Å²) < 4.78 is 1.80. The molecule has 1 aromatic heterocycles. The molecule has 6 nitrogen and oxygen atoms in total. The van der Waals surface area contributed by atoms with Crippen molar-refractivity contribution in [3.8, 4) is 0 Å². The van der Waals surface area contributed by atoms with Gasteiger partial charge in [0.05, 0.1) is 23.5 Å². The second-order valence-corrected chi connectivity index (χ2v) is 9.80. The number of hydrogen-bond acceptors (Lipinski definition) is 4. The molecule has 7 heteroatoms. The van der Waals surface area contributed by atoms with E-state index in [4.69, 9.17) is 16.6 Å². The van der Waals surface area contributed by atoms with Crippen LogP contribution in [-0.2, 0) is 17.9 Å². The smallest absolute Gasteiger partial charge is 0.294 e. The minimum Gasteiger partial charge on any atom is -0.352 e. The van der Waals surface area contributed by atoms with Gasteiger partial charge in [0.1, 0.15) is 0 Å². The Morgan fingerprint density at radius 1 is 1.06 bits per heavy atom. The van der Waals surface area contributed by atoms with Gasteiger partial charge in [-0.15, -0.1) is 0 Å². The average molecular weight is 501 g/mol. The number of hydrogen-bond donors (Lipinski definition) is 1. The molecule has 3 aromatic carbocycles. The summed E-state index contributed by atoms with van der Waals surface area (Å²) >= 11 is 6.24. The third kappa shape index (κ3) is 5.14. The molecule has 1 amide bonds. The van der Waals surface area contributed by atoms with Gasteiger partial charge in [0.2, 0.25) is 5.91 Å². The lowest BCUT2D eigenvalue weighted by molar-refractivity contribution is -0.125. The van der Waals surface area contributed by atoms with Gasteiger partial charge >= 0.3 is 0 Å². The first-order valence-corrected chi connectivity index (χ1v) is 12.7. The van der Waals surface area contributed by atoms with Crippen molar-refractivity contribution < 1.29 is 4.79 Å². The van der Waals surface area contributed by atoms with Crippen LogP contribution in [0.25, 0.3) is 11.0 Å². The molecule has 0 unspecified atom stereocenters. The molecule has 1 atom stereocenters. The number of halogens is 1. The summed E-state index contributed by atoms with van der Waals surface area (Å²) in [5.41, 5.74) is 4.56. The molecular formula is C29H29ClN4O2. The van der Waals surface area contributed by atoms with E-state index in [1.54, 1.807) is 4.57 Å². The third-order valence-electron chi connectivity index (χ3n) is 6.80. The number of nitrogens with zero attached hydrogens (tertiary/aromatic N) is 3. The normalized spacial score (nSPS) is 15.7. The predicted octanol–water partition coefficient (Wildman–Crippen LogP) is 4.94. The molecule has 0 spiro atoms. The molecule has 5 rings (SSSR count). The zero-order chi connectivity index (χ0) is 25.1. The van der Waals surface area contributed by atoms with Gasteiger partial charge in [-0.25, -0.2) is 4.98 Å². The number of anilines is 1. The summed E-state index contributed by atoms with van der Waals surface area (Å²) in [6.45, 7) is 4.05. The number of carbonyl (C=O) groups is 1. The van der Waals surface area contributed by atoms with Gasteiger partial charge in [0.15, 0.2) is 5.82 Å². The van der Waals surface area contributed by atoms with Crippen molar-refractivity contribution >= 4 is 34.4 Å². The molecule has 0 aliphatic carbocycles. The van der Waals surface area contributed by atoms with Crippen LogP contribution in [0.4, 0.5) is 5.82 Å². The molecule has 0 radical (unpaired) electrons. The Morgan fingerprint density at radius 3 is 2.61 bits per heavy atom. The van der Waals surface area contributed by atoms with Gasteiger partial charge in [-0.05, 0) is 49.1 Å². The van der Waals surface area contributed by atoms with Crippen molar-refractivity contribution in [2.24, 2.45) is 5.92 Å². The fraction of sp³-hybridized carbons (Fsp3) is 0.276. The Bertz CT molecular complexity index is 1450. The SMILES string of the molecule is Cc1ccc(Cn2c(=O)c(N3CCC[C@H](C(=O)NCc4ccccc4Cl)C3)nc3ccccc32)cc1. The summed E-state index contributed by atoms with van der Waals surface area (Å²) in [7, 11) is 0. The van der Waals surface area contributed by atoms with E-state index >= 15 is 0 Å². The minimum absolute atomic E-state index is 0.0274. The van der Waals surface area contributed by atoms with Crippen LogP contribution in [0.3, 0.4) is 0 Å². The highest BCUT2D eigenvalue weighted by molar-refractivity contribution is 6.31. The number of fused-ring (bicyclic) bond motifs is 1. The van der Waals surface area contributed by atoms with E-state index in [0.717, 1.165) is 35.0 Å². The van der Waals surface area contributed by atoms with Crippen LogP contribution in [0.2, 0.25) is 5.02 Å². The summed E-state index contributed by atoms with van der Waals surface area (Å²) in [5, 5.41) is 3.66. The van der Waals surface area contributed by atoms with Crippen molar-refractivity contribution in [2.75, 3.05) is 18.0 Å². The number of aromatic nitrogens is 2. The molecule has 2 heterocycles. The van der Waals surface area contributed by atoms with E-state index in [9.17, 15) is 9.59 Å². The van der Waals surface area contributed by atoms with E-state index in [1.165, 1.54) is 5.56 Å². The maximum atomic E-state index is 13.7. The van der Waals surface area contributed by atoms with E-state index in [0.29, 0.717) is 37.0 Å². The Kier molecular flexibility index (Phi) is 7.05. The monoisotopic (exact) mass is 500 g/mol. The molecule has 0 bridgehead atoms. The number of aryl methyl sites for hydroxylation is 1. The number of para-hydroxylation sites is 2. The number of rotatable bonds is 6. The topological polar surface area (TPSA) is 67.2 Å². The van der Waals surface area contributed by atoms with Gasteiger partial charge in [-0.3, -0.25) is 14.2 Å². The quantitative estimate of drug-likeness (QED) is 0.407. The summed E-state index contributed by atoms with van der Waals surface area (Å²) in [6, 6.07) is 23.4. The molecule has 1 aliphatic rings. The minimum atomic E-state index is -0.223. The Labute approximate surface area is 215 Å². The largest absolute Gasteiger partial charge is 0.352 e. The lowest BCUT2D eigenvalue weighted by Gasteiger charge is -2.33. The first-order chi connectivity index (χ1) is 17.5. The van der Waals surface area contributed by atoms with Crippen LogP contribution >= 0.6 is 11.6 Å². The number of benzene rings is 3. The van der Waals surface area contributed by atoms with Crippen LogP contribution in [0, 0.1) is 12.8 Å². The van der Waals surface area contributed by atoms with Gasteiger partial charge in [0, 0.05) is 24.7 Å². The number of carbonyl (C=O) groups excluding carboxylic acids is 1. The molecular weight excluding hydrogens is 472 g/mol. The maximum Gasteiger partial charge on any atom is 0.294 e. The second kappa shape index (κ2) is 10.5. The van der Waals surface area contributed by atoms with Crippen LogP contribution in [-0.4, -0.2) is 28.5 Å². The Balaban J connectivity index is 1.40. The van der Waals surface area contributed by atoms with Crippen LogP contribution < -0.4 is 15.8 Å². The summed E-state index contributed by atoms with van der Waals surface area (Å²) in [6.07, 6.45) is 1.59. The molecule has 184 valence electrons. The van der Waals surface area contributed by atoms with Crippen molar-refractivity contribution in [1.29, 1.82) is 0 Å². The Morgan fingerprint density at radius 2 is 1.81 bits per heavy atom. The fourth-order valence-electron chi connectivity index (χ4n) is 4.77. The second-order valence-electron chi connectivity index (χ2n) is 9.40. The van der Waals surface area contributed by atoms with Crippen LogP contribution in [0.5, 0.6) is 0 Å². The third-order valence-corrected chi connectivity index (χ3v) is 7.17. The van der Waals surface area contributed by atoms with E-state index < -0.39 is 0 Å². The molecule has 1 N–H and O–H groups in total. The first-order valence-electron chi connectivity index (χ1n) is 12.3. The number of nitrogens with one attached hydrogen (secondary N) is 1. The summed E-state index contributed by atoms with van der Waals surface area (Å²) in [5.74, 6) is 0.157. The zero-order valence-electron chi connectivity index (χ0n) is 20.3. The van der Waals surface area contributed by atoms with Crippen molar-refractivity contribution in [1.82, 2.24) is 14.9 Å². The molecule has 1 saturated heterocycles. The molecule has 4 aromatic rings. The van der Waals surface area contributed by atoms with Crippen LogP contribution in [0.15, 0.2) is 77.6 Å². The standard InChI is InChI=1S/C29H29ClN4O2/c1-20-12-14-21(15-13-20)18-34-26-11-5-4-10-25(26)32-27(29(34)36)33-16-6-8-23(19-33)28(35)31-17-22-7-2-3-9-24(22)30/h2-5,7,9-15,23H,6,8,16-19H2,1H3,(H,31,35)/t23-/m0/s1. The lowest BCUT2D eigenvalue weighted by Crippen LogP contribution is -2.45. The average Bonchev–Trinajstić information content (AvgIpc) is 2.90. The number of piperidine rings is 1. The molecule has 1 fully saturated rings. The highest BCUT2D eigenvalue weighted by Crippen LogP contribution is 2.23. The first kappa shape index (κ1) is 24.1. The van der Waals surface area contributed by atoms with Gasteiger partial charge in [-0.2, -0.15) is 0 Å². The fourth-order valence-corrected chi connectivity index (χ4v) is 4.97. The molecule has 36 heavy (non-hydrogen) atoms. The maximum absolute atomic E-state index is 13.7. The van der Waals surface area contributed by atoms with E-state index in [2.05, 4.69) is 29.6 Å². The van der Waals surface area contributed by atoms with E-state index in [1.807, 2.05) is 60.4 Å². The number of amides is 1. The molecule has 1 aliphatic heterocycles. The molecule has 0 saturated carbocycles.